The molecule has 0 bridgehead atoms. The Morgan fingerprint density at radius 3 is 2.62 bits per heavy atom. The fourth-order valence-electron chi connectivity index (χ4n) is 4.68. The lowest BCUT2D eigenvalue weighted by Crippen LogP contribution is -2.47. The van der Waals surface area contributed by atoms with E-state index in [4.69, 9.17) is 31.3 Å². The SMILES string of the molecule is CC(C)OC(=O)[C@H](C)N[P+](=O)OC[C@@]1(CCl)O[C@@H](n2cnc3c(N(C4CC4)C4CC4)nc(N)nc32)[C@@H](F)[C@@H]1O. The molecule has 0 amide bonds. The summed E-state index contributed by atoms with van der Waals surface area (Å²) < 4.78 is 45.8. The standard InChI is InChI=1S/C23H33ClFN7O6P/c1-11(2)37-21(34)12(3)30-39(35)36-9-23(8-24)17(33)15(25)20(38-23)31-10-27-16-18(31)28-22(26)29-19(16)32(13-4-5-13)14-6-7-14/h10-15,17,20,33H,4-9H2,1-3H3,(H,30,35)(H2,26,28,29)/q+1/t12-,15-,17-,20+,23+/m0/s1. The number of nitrogens with one attached hydrogen (secondary N) is 1. The Morgan fingerprint density at radius 1 is 1.36 bits per heavy atom. The van der Waals surface area contributed by atoms with Crippen LogP contribution in [-0.2, 0) is 23.4 Å². The molecule has 214 valence electrons. The first-order valence-electron chi connectivity index (χ1n) is 13.0. The third-order valence-electron chi connectivity index (χ3n) is 6.94. The van der Waals surface area contributed by atoms with Crippen molar-refractivity contribution in [3.63, 3.8) is 0 Å². The van der Waals surface area contributed by atoms with E-state index < -0.39 is 50.9 Å². The molecule has 1 saturated heterocycles. The zero-order valence-electron chi connectivity index (χ0n) is 21.9. The molecule has 3 fully saturated rings. The van der Waals surface area contributed by atoms with Crippen molar-refractivity contribution in [2.45, 2.75) is 94.8 Å². The number of halogens is 2. The van der Waals surface area contributed by atoms with Gasteiger partial charge in [-0.15, -0.1) is 16.1 Å². The highest BCUT2D eigenvalue weighted by molar-refractivity contribution is 7.36. The number of ether oxygens (including phenoxy) is 2. The van der Waals surface area contributed by atoms with Crippen molar-refractivity contribution in [2.75, 3.05) is 23.1 Å². The summed E-state index contributed by atoms with van der Waals surface area (Å²) in [7, 11) is -2.60. The van der Waals surface area contributed by atoms with E-state index >= 15 is 4.39 Å². The Balaban J connectivity index is 1.34. The van der Waals surface area contributed by atoms with Gasteiger partial charge in [-0.25, -0.2) is 9.37 Å². The number of aromatic nitrogens is 4. The first-order chi connectivity index (χ1) is 18.5. The van der Waals surface area contributed by atoms with Crippen molar-refractivity contribution in [1.29, 1.82) is 0 Å². The number of imidazole rings is 1. The van der Waals surface area contributed by atoms with Crippen LogP contribution in [0.2, 0.25) is 0 Å². The number of esters is 1. The predicted molar refractivity (Wildman–Crippen MR) is 140 cm³/mol. The van der Waals surface area contributed by atoms with Gasteiger partial charge in [0.2, 0.25) is 5.95 Å². The topological polar surface area (TPSA) is 167 Å². The van der Waals surface area contributed by atoms with Crippen molar-refractivity contribution in [1.82, 2.24) is 24.6 Å². The van der Waals surface area contributed by atoms with Crippen LogP contribution in [-0.4, -0.2) is 85.2 Å². The van der Waals surface area contributed by atoms with Gasteiger partial charge in [-0.3, -0.25) is 9.36 Å². The van der Waals surface area contributed by atoms with Crippen molar-refractivity contribution in [2.24, 2.45) is 0 Å². The molecule has 2 aromatic heterocycles. The lowest BCUT2D eigenvalue weighted by atomic mass is 9.99. The van der Waals surface area contributed by atoms with E-state index in [2.05, 4.69) is 24.9 Å². The van der Waals surface area contributed by atoms with Gasteiger partial charge in [0.15, 0.2) is 29.4 Å². The highest BCUT2D eigenvalue weighted by atomic mass is 35.5. The first-order valence-corrected chi connectivity index (χ1v) is 14.7. The molecule has 2 aliphatic carbocycles. The molecule has 16 heteroatoms. The van der Waals surface area contributed by atoms with Crippen molar-refractivity contribution >= 4 is 48.7 Å². The van der Waals surface area contributed by atoms with Gasteiger partial charge in [-0.05, 0) is 51.0 Å². The highest BCUT2D eigenvalue weighted by Crippen LogP contribution is 2.45. The maximum atomic E-state index is 15.6. The van der Waals surface area contributed by atoms with E-state index in [1.807, 2.05) is 0 Å². The molecule has 0 spiro atoms. The Bertz CT molecular complexity index is 1240. The van der Waals surface area contributed by atoms with Gasteiger partial charge in [0.25, 0.3) is 0 Å². The second kappa shape index (κ2) is 11.0. The highest BCUT2D eigenvalue weighted by Gasteiger charge is 2.57. The maximum Gasteiger partial charge on any atom is 0.613 e. The Hall–Kier alpha value is -2.22. The van der Waals surface area contributed by atoms with Crippen LogP contribution in [0.4, 0.5) is 16.2 Å². The normalized spacial score (nSPS) is 28.2. The number of fused-ring (bicyclic) bond motifs is 1. The summed E-state index contributed by atoms with van der Waals surface area (Å²) in [6.45, 7) is 4.32. The van der Waals surface area contributed by atoms with Crippen molar-refractivity contribution < 1.29 is 32.9 Å². The van der Waals surface area contributed by atoms with Crippen LogP contribution in [0.15, 0.2) is 6.33 Å². The van der Waals surface area contributed by atoms with E-state index in [1.165, 1.54) is 17.8 Å². The largest absolute Gasteiger partial charge is 0.613 e. The van der Waals surface area contributed by atoms with Crippen LogP contribution in [0.25, 0.3) is 11.2 Å². The van der Waals surface area contributed by atoms with Gasteiger partial charge in [0, 0.05) is 12.1 Å². The van der Waals surface area contributed by atoms with Crippen LogP contribution in [0.5, 0.6) is 0 Å². The lowest BCUT2D eigenvalue weighted by Gasteiger charge is -2.27. The molecule has 2 aromatic rings. The van der Waals surface area contributed by atoms with Gasteiger partial charge >= 0.3 is 14.1 Å². The molecule has 3 heterocycles. The number of anilines is 2. The second-order valence-corrected chi connectivity index (χ2v) is 11.9. The van der Waals surface area contributed by atoms with Crippen molar-refractivity contribution in [3.05, 3.63) is 6.33 Å². The minimum Gasteiger partial charge on any atom is -0.462 e. The van der Waals surface area contributed by atoms with Gasteiger partial charge in [-0.1, -0.05) is 5.09 Å². The molecule has 13 nitrogen and oxygen atoms in total. The zero-order chi connectivity index (χ0) is 28.1. The number of aliphatic hydroxyl groups excluding tert-OH is 1. The molecule has 39 heavy (non-hydrogen) atoms. The Labute approximate surface area is 230 Å². The molecular formula is C23H33ClFN7O6P+. The summed E-state index contributed by atoms with van der Waals surface area (Å²) in [6, 6.07) is -0.197. The van der Waals surface area contributed by atoms with Crippen LogP contribution < -0.4 is 15.7 Å². The van der Waals surface area contributed by atoms with E-state index in [0.717, 1.165) is 25.7 Å². The quantitative estimate of drug-likeness (QED) is 0.188. The molecule has 0 radical (unpaired) electrons. The zero-order valence-corrected chi connectivity index (χ0v) is 23.5. The summed E-state index contributed by atoms with van der Waals surface area (Å²) in [4.78, 5) is 27.5. The molecular weight excluding hydrogens is 556 g/mol. The maximum absolute atomic E-state index is 15.6. The lowest BCUT2D eigenvalue weighted by molar-refractivity contribution is -0.149. The molecule has 0 aromatic carbocycles. The number of nitrogens with two attached hydrogens (primary N) is 1. The van der Waals surface area contributed by atoms with E-state index in [-0.39, 0.29) is 23.6 Å². The fraction of sp³-hybridized carbons (Fsp3) is 0.739. The molecule has 1 aliphatic heterocycles. The summed E-state index contributed by atoms with van der Waals surface area (Å²) in [5, 5.41) is 13.3. The number of carbonyl (C=O) groups excluding carboxylic acids is 1. The van der Waals surface area contributed by atoms with Crippen LogP contribution in [0.1, 0.15) is 52.7 Å². The molecule has 2 saturated carbocycles. The number of hydrogen-bond donors (Lipinski definition) is 3. The number of alkyl halides is 2. The third-order valence-corrected chi connectivity index (χ3v) is 8.36. The minimum atomic E-state index is -2.60. The average Bonchev–Trinajstić information content (AvgIpc) is 3.82. The average molecular weight is 589 g/mol. The Kier molecular flexibility index (Phi) is 7.97. The number of nitrogens with zero attached hydrogens (tertiary/aromatic N) is 5. The van der Waals surface area contributed by atoms with E-state index in [9.17, 15) is 14.5 Å². The predicted octanol–water partition coefficient (Wildman–Crippen LogP) is 2.35. The van der Waals surface area contributed by atoms with Crippen LogP contribution in [0, 0.1) is 0 Å². The van der Waals surface area contributed by atoms with E-state index in [1.54, 1.807) is 13.8 Å². The summed E-state index contributed by atoms with van der Waals surface area (Å²) in [5.74, 6) is -0.361. The van der Waals surface area contributed by atoms with Crippen molar-refractivity contribution in [3.8, 4) is 0 Å². The molecule has 4 N–H and O–H groups in total. The number of carbonyl (C=O) groups is 1. The second-order valence-electron chi connectivity index (χ2n) is 10.6. The van der Waals surface area contributed by atoms with Gasteiger partial charge in [0.1, 0.15) is 24.4 Å². The number of aliphatic hydroxyl groups is 1. The summed E-state index contributed by atoms with van der Waals surface area (Å²) >= 11 is 6.14. The number of nitrogen functional groups attached to an aromatic ring is 1. The van der Waals surface area contributed by atoms with Gasteiger partial charge < -0.3 is 25.2 Å². The smallest absolute Gasteiger partial charge is 0.462 e. The summed E-state index contributed by atoms with van der Waals surface area (Å²) in [5.41, 5.74) is 5.03. The molecule has 6 atom stereocenters. The number of hydrogen-bond acceptors (Lipinski definition) is 11. The Morgan fingerprint density at radius 2 is 2.03 bits per heavy atom. The van der Waals surface area contributed by atoms with Gasteiger partial charge in [0.05, 0.1) is 18.3 Å². The number of rotatable bonds is 12. The van der Waals surface area contributed by atoms with Crippen LogP contribution >= 0.6 is 19.8 Å². The summed E-state index contributed by atoms with van der Waals surface area (Å²) in [6.07, 6.45) is 0.216. The molecule has 5 rings (SSSR count). The van der Waals surface area contributed by atoms with Gasteiger partial charge in [-0.2, -0.15) is 9.97 Å². The van der Waals surface area contributed by atoms with E-state index in [0.29, 0.717) is 23.4 Å². The van der Waals surface area contributed by atoms with Crippen LogP contribution in [0.3, 0.4) is 0 Å². The monoisotopic (exact) mass is 588 g/mol. The first kappa shape index (κ1) is 28.3. The minimum absolute atomic E-state index is 0.0135. The fourth-order valence-corrected chi connectivity index (χ4v) is 5.81. The molecule has 1 unspecified atom stereocenters. The molecule has 3 aliphatic rings. The third kappa shape index (κ3) is 5.68.